The Morgan fingerprint density at radius 3 is 2.96 bits per heavy atom. The Kier molecular flexibility index (Phi) is 5.81. The number of halogens is 1. The quantitative estimate of drug-likeness (QED) is 0.597. The molecule has 1 fully saturated rings. The first-order valence-electron chi connectivity index (χ1n) is 8.49. The zero-order valence-electron chi connectivity index (χ0n) is 14.8. The van der Waals surface area contributed by atoms with Crippen LogP contribution in [0.2, 0.25) is 5.02 Å². The van der Waals surface area contributed by atoms with Crippen LogP contribution < -0.4 is 15.5 Å². The van der Waals surface area contributed by atoms with Crippen molar-refractivity contribution >= 4 is 34.0 Å². The third kappa shape index (κ3) is 4.86. The molecule has 3 rings (SSSR count). The third-order valence-electron chi connectivity index (χ3n) is 4.05. The molecule has 1 aliphatic rings. The topological polar surface area (TPSA) is 52.6 Å². The molecule has 1 heterocycles. The van der Waals surface area contributed by atoms with E-state index in [-0.39, 0.29) is 0 Å². The summed E-state index contributed by atoms with van der Waals surface area (Å²) in [6, 6.07) is 8.52. The standard InChI is InChI=1S/C18H24ClN5S/c1-4-20-17(21-10-14-11-25-18(22-14)24(2)3)23-16-9-15(16)12-6-5-7-13(19)8-12/h5-8,11,15-16H,4,9-10H2,1-3H3,(H2,20,21,23). The second-order valence-corrected chi connectivity index (χ2v) is 7.63. The van der Waals surface area contributed by atoms with Crippen molar-refractivity contribution in [3.8, 4) is 0 Å². The number of aromatic nitrogens is 1. The Morgan fingerprint density at radius 1 is 1.44 bits per heavy atom. The molecule has 2 aromatic rings. The zero-order valence-corrected chi connectivity index (χ0v) is 16.4. The smallest absolute Gasteiger partial charge is 0.191 e. The first-order valence-corrected chi connectivity index (χ1v) is 9.74. The number of nitrogens with zero attached hydrogens (tertiary/aromatic N) is 3. The lowest BCUT2D eigenvalue weighted by Gasteiger charge is -2.11. The minimum atomic E-state index is 0.407. The zero-order chi connectivity index (χ0) is 17.8. The molecule has 1 aromatic carbocycles. The number of rotatable bonds is 6. The highest BCUT2D eigenvalue weighted by Gasteiger charge is 2.39. The number of thiazole rings is 1. The van der Waals surface area contributed by atoms with Gasteiger partial charge in [0.2, 0.25) is 0 Å². The fourth-order valence-corrected chi connectivity index (χ4v) is 3.64. The largest absolute Gasteiger partial charge is 0.357 e. The first kappa shape index (κ1) is 18.0. The van der Waals surface area contributed by atoms with Gasteiger partial charge in [0.25, 0.3) is 0 Å². The van der Waals surface area contributed by atoms with E-state index in [9.17, 15) is 0 Å². The van der Waals surface area contributed by atoms with Crippen LogP contribution >= 0.6 is 22.9 Å². The molecule has 0 bridgehead atoms. The first-order chi connectivity index (χ1) is 12.1. The van der Waals surface area contributed by atoms with E-state index in [1.165, 1.54) is 5.56 Å². The van der Waals surface area contributed by atoms with Crippen LogP contribution in [0.25, 0.3) is 0 Å². The average Bonchev–Trinajstić information content (AvgIpc) is 3.17. The van der Waals surface area contributed by atoms with Crippen LogP contribution in [0.15, 0.2) is 34.6 Å². The van der Waals surface area contributed by atoms with E-state index in [1.807, 2.05) is 31.1 Å². The summed E-state index contributed by atoms with van der Waals surface area (Å²) < 4.78 is 0. The Morgan fingerprint density at radius 2 is 2.28 bits per heavy atom. The Balaban J connectivity index is 1.59. The lowest BCUT2D eigenvalue weighted by Crippen LogP contribution is -2.39. The predicted molar refractivity (Wildman–Crippen MR) is 107 cm³/mol. The van der Waals surface area contributed by atoms with Crippen molar-refractivity contribution in [3.63, 3.8) is 0 Å². The number of nitrogens with one attached hydrogen (secondary N) is 2. The van der Waals surface area contributed by atoms with E-state index in [2.05, 4.69) is 45.0 Å². The molecule has 1 aromatic heterocycles. The lowest BCUT2D eigenvalue weighted by atomic mass is 10.1. The van der Waals surface area contributed by atoms with Gasteiger partial charge in [-0.1, -0.05) is 23.7 Å². The number of benzene rings is 1. The van der Waals surface area contributed by atoms with Gasteiger partial charge in [-0.25, -0.2) is 9.98 Å². The highest BCUT2D eigenvalue weighted by atomic mass is 35.5. The molecule has 0 radical (unpaired) electrons. The molecule has 1 saturated carbocycles. The molecule has 2 N–H and O–H groups in total. The predicted octanol–water partition coefficient (Wildman–Crippen LogP) is 3.47. The maximum absolute atomic E-state index is 6.10. The van der Waals surface area contributed by atoms with Crippen LogP contribution in [0.4, 0.5) is 5.13 Å². The SMILES string of the molecule is CCNC(=NCc1csc(N(C)C)n1)NC1CC1c1cccc(Cl)c1. The van der Waals surface area contributed by atoms with Gasteiger partial charge in [0.05, 0.1) is 12.2 Å². The number of hydrogen-bond donors (Lipinski definition) is 2. The van der Waals surface area contributed by atoms with E-state index in [1.54, 1.807) is 11.3 Å². The van der Waals surface area contributed by atoms with Gasteiger partial charge >= 0.3 is 0 Å². The maximum atomic E-state index is 6.10. The molecule has 134 valence electrons. The van der Waals surface area contributed by atoms with Gasteiger partial charge in [-0.3, -0.25) is 0 Å². The number of aliphatic imine (C=N–C) groups is 1. The van der Waals surface area contributed by atoms with Gasteiger partial charge in [0.15, 0.2) is 11.1 Å². The summed E-state index contributed by atoms with van der Waals surface area (Å²) in [5.41, 5.74) is 2.28. The van der Waals surface area contributed by atoms with Gasteiger partial charge < -0.3 is 15.5 Å². The van der Waals surface area contributed by atoms with E-state index in [0.717, 1.165) is 34.8 Å². The Bertz CT molecular complexity index is 743. The highest BCUT2D eigenvalue weighted by Crippen LogP contribution is 2.41. The molecular formula is C18H24ClN5S. The number of guanidine groups is 1. The second-order valence-electron chi connectivity index (χ2n) is 6.36. The summed E-state index contributed by atoms with van der Waals surface area (Å²) in [5, 5.41) is 10.7. The maximum Gasteiger partial charge on any atom is 0.191 e. The van der Waals surface area contributed by atoms with Crippen molar-refractivity contribution in [2.24, 2.45) is 4.99 Å². The van der Waals surface area contributed by atoms with Crippen molar-refractivity contribution in [1.29, 1.82) is 0 Å². The lowest BCUT2D eigenvalue weighted by molar-refractivity contribution is 0.792. The summed E-state index contributed by atoms with van der Waals surface area (Å²) in [6.07, 6.45) is 1.10. The van der Waals surface area contributed by atoms with E-state index in [0.29, 0.717) is 18.5 Å². The molecule has 1 aliphatic carbocycles. The average molecular weight is 378 g/mol. The van der Waals surface area contributed by atoms with Crippen molar-refractivity contribution < 1.29 is 0 Å². The van der Waals surface area contributed by atoms with Gasteiger partial charge in [-0.05, 0) is 31.0 Å². The van der Waals surface area contributed by atoms with Gasteiger partial charge in [0, 0.05) is 43.0 Å². The van der Waals surface area contributed by atoms with Crippen LogP contribution in [0.5, 0.6) is 0 Å². The molecular weight excluding hydrogens is 354 g/mol. The van der Waals surface area contributed by atoms with Crippen LogP contribution in [0.3, 0.4) is 0 Å². The minimum absolute atomic E-state index is 0.407. The summed E-state index contributed by atoms with van der Waals surface area (Å²) >= 11 is 7.74. The Labute approximate surface area is 158 Å². The van der Waals surface area contributed by atoms with Crippen LogP contribution in [0.1, 0.15) is 30.5 Å². The van der Waals surface area contributed by atoms with Crippen molar-refractivity contribution in [2.75, 3.05) is 25.5 Å². The second kappa shape index (κ2) is 8.06. The molecule has 2 atom stereocenters. The van der Waals surface area contributed by atoms with E-state index < -0.39 is 0 Å². The van der Waals surface area contributed by atoms with Crippen molar-refractivity contribution in [3.05, 3.63) is 45.9 Å². The molecule has 2 unspecified atom stereocenters. The summed E-state index contributed by atoms with van der Waals surface area (Å²) in [7, 11) is 4.00. The van der Waals surface area contributed by atoms with Crippen LogP contribution in [-0.2, 0) is 6.54 Å². The van der Waals surface area contributed by atoms with Crippen LogP contribution in [0, 0.1) is 0 Å². The minimum Gasteiger partial charge on any atom is -0.357 e. The molecule has 0 saturated heterocycles. The molecule has 7 heteroatoms. The van der Waals surface area contributed by atoms with Crippen molar-refractivity contribution in [1.82, 2.24) is 15.6 Å². The summed E-state index contributed by atoms with van der Waals surface area (Å²) in [4.78, 5) is 11.3. The molecule has 25 heavy (non-hydrogen) atoms. The fraction of sp³-hybridized carbons (Fsp3) is 0.444. The highest BCUT2D eigenvalue weighted by molar-refractivity contribution is 7.13. The molecule has 0 amide bonds. The van der Waals surface area contributed by atoms with Gasteiger partial charge in [-0.2, -0.15) is 0 Å². The van der Waals surface area contributed by atoms with E-state index in [4.69, 9.17) is 11.6 Å². The summed E-state index contributed by atoms with van der Waals surface area (Å²) in [5.74, 6) is 1.35. The van der Waals surface area contributed by atoms with Crippen molar-refractivity contribution in [2.45, 2.75) is 31.8 Å². The number of hydrogen-bond acceptors (Lipinski definition) is 4. The van der Waals surface area contributed by atoms with E-state index >= 15 is 0 Å². The molecule has 5 nitrogen and oxygen atoms in total. The Hall–Kier alpha value is -1.79. The number of anilines is 1. The fourth-order valence-electron chi connectivity index (χ4n) is 2.69. The molecule has 0 aliphatic heterocycles. The van der Waals surface area contributed by atoms with Gasteiger partial charge in [0.1, 0.15) is 0 Å². The van der Waals surface area contributed by atoms with Crippen LogP contribution in [-0.4, -0.2) is 37.6 Å². The third-order valence-corrected chi connectivity index (χ3v) is 5.35. The monoisotopic (exact) mass is 377 g/mol. The normalized spacial score (nSPS) is 19.6. The summed E-state index contributed by atoms with van der Waals surface area (Å²) in [6.45, 7) is 3.49. The molecule has 0 spiro atoms. The van der Waals surface area contributed by atoms with Gasteiger partial charge in [-0.15, -0.1) is 11.3 Å².